The first kappa shape index (κ1) is 10.8. The molecule has 1 aromatic heterocycles. The fourth-order valence-corrected chi connectivity index (χ4v) is 2.43. The molecule has 0 bridgehead atoms. The van der Waals surface area contributed by atoms with Crippen molar-refractivity contribution in [3.63, 3.8) is 0 Å². The van der Waals surface area contributed by atoms with E-state index < -0.39 is 6.10 Å². The minimum atomic E-state index is -0.452. The molecule has 0 amide bonds. The van der Waals surface area contributed by atoms with E-state index in [1.165, 1.54) is 11.3 Å². The molecule has 1 atom stereocenters. The molecule has 0 aliphatic rings. The molecule has 1 aromatic carbocycles. The predicted molar refractivity (Wildman–Crippen MR) is 64.9 cm³/mol. The lowest BCUT2D eigenvalue weighted by Gasteiger charge is -2.07. The highest BCUT2D eigenvalue weighted by Crippen LogP contribution is 2.22. The van der Waals surface area contributed by atoms with E-state index >= 15 is 0 Å². The molecule has 2 aromatic rings. The molecule has 1 heterocycles. The zero-order chi connectivity index (χ0) is 10.7. The van der Waals surface area contributed by atoms with Crippen molar-refractivity contribution in [2.45, 2.75) is 12.5 Å². The Hall–Kier alpha value is -0.710. The van der Waals surface area contributed by atoms with E-state index in [2.05, 4.69) is 20.9 Å². The molecular formula is C11H10BrNOS. The van der Waals surface area contributed by atoms with Gasteiger partial charge in [0.25, 0.3) is 0 Å². The molecule has 0 radical (unpaired) electrons. The first-order chi connectivity index (χ1) is 7.25. The summed E-state index contributed by atoms with van der Waals surface area (Å²) in [6.45, 7) is 0. The van der Waals surface area contributed by atoms with Crippen LogP contribution >= 0.6 is 27.3 Å². The topological polar surface area (TPSA) is 33.1 Å². The van der Waals surface area contributed by atoms with Gasteiger partial charge in [-0.25, -0.2) is 0 Å². The number of thiazole rings is 1. The third kappa shape index (κ3) is 2.87. The summed E-state index contributed by atoms with van der Waals surface area (Å²) in [6.07, 6.45) is 1.89. The van der Waals surface area contributed by atoms with Gasteiger partial charge in [-0.1, -0.05) is 28.1 Å². The third-order valence-electron chi connectivity index (χ3n) is 2.10. The van der Waals surface area contributed by atoms with Crippen LogP contribution in [-0.4, -0.2) is 10.1 Å². The standard InChI is InChI=1S/C11H10BrNOS/c12-9-3-1-2-8(4-9)5-10(14)11-6-13-7-15-11/h1-4,6-7,10,14H,5H2. The highest BCUT2D eigenvalue weighted by Gasteiger charge is 2.09. The van der Waals surface area contributed by atoms with Crippen molar-refractivity contribution in [1.82, 2.24) is 4.98 Å². The summed E-state index contributed by atoms with van der Waals surface area (Å²) in [5.74, 6) is 0. The van der Waals surface area contributed by atoms with Crippen molar-refractivity contribution in [3.8, 4) is 0 Å². The Morgan fingerprint density at radius 2 is 2.33 bits per heavy atom. The first-order valence-electron chi connectivity index (χ1n) is 4.56. The SMILES string of the molecule is OC(Cc1cccc(Br)c1)c1cncs1. The lowest BCUT2D eigenvalue weighted by Crippen LogP contribution is -1.99. The Kier molecular flexibility index (Phi) is 3.51. The van der Waals surface area contributed by atoms with Crippen LogP contribution in [0.4, 0.5) is 0 Å². The van der Waals surface area contributed by atoms with Gasteiger partial charge in [0.05, 0.1) is 16.5 Å². The monoisotopic (exact) mass is 283 g/mol. The summed E-state index contributed by atoms with van der Waals surface area (Å²) in [5, 5.41) is 9.91. The van der Waals surface area contributed by atoms with Crippen LogP contribution < -0.4 is 0 Å². The van der Waals surface area contributed by atoms with Crippen LogP contribution in [0.1, 0.15) is 16.5 Å². The Morgan fingerprint density at radius 3 is 3.00 bits per heavy atom. The number of hydrogen-bond donors (Lipinski definition) is 1. The smallest absolute Gasteiger partial charge is 0.0938 e. The fraction of sp³-hybridized carbons (Fsp3) is 0.182. The quantitative estimate of drug-likeness (QED) is 0.939. The number of aliphatic hydroxyl groups excluding tert-OH is 1. The molecule has 0 spiro atoms. The minimum absolute atomic E-state index is 0.452. The number of benzene rings is 1. The van der Waals surface area contributed by atoms with Gasteiger partial charge < -0.3 is 5.11 Å². The van der Waals surface area contributed by atoms with Crippen molar-refractivity contribution >= 4 is 27.3 Å². The average Bonchev–Trinajstić information content (AvgIpc) is 2.70. The fourth-order valence-electron chi connectivity index (χ4n) is 1.38. The predicted octanol–water partition coefficient (Wildman–Crippen LogP) is 3.18. The van der Waals surface area contributed by atoms with Gasteiger partial charge in [-0.05, 0) is 17.7 Å². The van der Waals surface area contributed by atoms with E-state index in [1.54, 1.807) is 11.7 Å². The highest BCUT2D eigenvalue weighted by atomic mass is 79.9. The maximum Gasteiger partial charge on any atom is 0.0938 e. The number of hydrogen-bond acceptors (Lipinski definition) is 3. The Balaban J connectivity index is 2.09. The molecule has 2 nitrogen and oxygen atoms in total. The van der Waals surface area contributed by atoms with Crippen LogP contribution in [-0.2, 0) is 6.42 Å². The van der Waals surface area contributed by atoms with Crippen molar-refractivity contribution in [2.24, 2.45) is 0 Å². The largest absolute Gasteiger partial charge is 0.387 e. The lowest BCUT2D eigenvalue weighted by molar-refractivity contribution is 0.182. The maximum atomic E-state index is 9.91. The molecule has 0 aliphatic heterocycles. The molecule has 0 aliphatic carbocycles. The molecule has 2 rings (SSSR count). The zero-order valence-electron chi connectivity index (χ0n) is 7.93. The van der Waals surface area contributed by atoms with Crippen LogP contribution in [0.3, 0.4) is 0 Å². The van der Waals surface area contributed by atoms with E-state index in [9.17, 15) is 5.11 Å². The van der Waals surface area contributed by atoms with E-state index in [4.69, 9.17) is 0 Å². The van der Waals surface area contributed by atoms with Crippen LogP contribution in [0, 0.1) is 0 Å². The summed E-state index contributed by atoms with van der Waals surface area (Å²) in [7, 11) is 0. The molecule has 15 heavy (non-hydrogen) atoms. The second-order valence-corrected chi connectivity index (χ2v) is 5.09. The molecule has 1 N–H and O–H groups in total. The number of aliphatic hydroxyl groups is 1. The number of aromatic nitrogens is 1. The number of rotatable bonds is 3. The average molecular weight is 284 g/mol. The number of halogens is 1. The van der Waals surface area contributed by atoms with Crippen molar-refractivity contribution in [1.29, 1.82) is 0 Å². The lowest BCUT2D eigenvalue weighted by atomic mass is 10.1. The molecular weight excluding hydrogens is 274 g/mol. The number of nitrogens with zero attached hydrogens (tertiary/aromatic N) is 1. The van der Waals surface area contributed by atoms with Gasteiger partial charge in [0.15, 0.2) is 0 Å². The van der Waals surface area contributed by atoms with Crippen LogP contribution in [0.2, 0.25) is 0 Å². The summed E-state index contributed by atoms with van der Waals surface area (Å²) in [5.41, 5.74) is 2.85. The zero-order valence-corrected chi connectivity index (χ0v) is 10.3. The summed E-state index contributed by atoms with van der Waals surface area (Å²) in [4.78, 5) is 4.86. The minimum Gasteiger partial charge on any atom is -0.387 e. The molecule has 0 fully saturated rings. The Bertz CT molecular complexity index is 430. The van der Waals surface area contributed by atoms with Crippen LogP contribution in [0.15, 0.2) is 40.4 Å². The van der Waals surface area contributed by atoms with Crippen molar-refractivity contribution < 1.29 is 5.11 Å². The van der Waals surface area contributed by atoms with E-state index in [-0.39, 0.29) is 0 Å². The van der Waals surface area contributed by atoms with Gasteiger partial charge in [0.1, 0.15) is 0 Å². The molecule has 78 valence electrons. The first-order valence-corrected chi connectivity index (χ1v) is 6.24. The van der Waals surface area contributed by atoms with Gasteiger partial charge in [-0.15, -0.1) is 11.3 Å². The normalized spacial score (nSPS) is 12.7. The van der Waals surface area contributed by atoms with Crippen LogP contribution in [0.5, 0.6) is 0 Å². The summed E-state index contributed by atoms with van der Waals surface area (Å²) < 4.78 is 1.04. The van der Waals surface area contributed by atoms with Gasteiger partial charge in [0.2, 0.25) is 0 Å². The van der Waals surface area contributed by atoms with Gasteiger partial charge in [-0.3, -0.25) is 4.98 Å². The molecule has 0 saturated heterocycles. The van der Waals surface area contributed by atoms with Gasteiger partial charge >= 0.3 is 0 Å². The van der Waals surface area contributed by atoms with E-state index in [1.807, 2.05) is 24.3 Å². The van der Waals surface area contributed by atoms with Gasteiger partial charge in [0, 0.05) is 17.1 Å². The summed E-state index contributed by atoms with van der Waals surface area (Å²) in [6, 6.07) is 7.97. The van der Waals surface area contributed by atoms with E-state index in [0.717, 1.165) is 14.9 Å². The second-order valence-electron chi connectivity index (χ2n) is 3.25. The third-order valence-corrected chi connectivity index (χ3v) is 3.47. The molecule has 4 heteroatoms. The van der Waals surface area contributed by atoms with Crippen molar-refractivity contribution in [3.05, 3.63) is 50.9 Å². The Morgan fingerprint density at radius 1 is 1.47 bits per heavy atom. The highest BCUT2D eigenvalue weighted by molar-refractivity contribution is 9.10. The van der Waals surface area contributed by atoms with Crippen molar-refractivity contribution in [2.75, 3.05) is 0 Å². The van der Waals surface area contributed by atoms with Crippen LogP contribution in [0.25, 0.3) is 0 Å². The summed E-state index contributed by atoms with van der Waals surface area (Å²) >= 11 is 4.89. The maximum absolute atomic E-state index is 9.91. The van der Waals surface area contributed by atoms with E-state index in [0.29, 0.717) is 6.42 Å². The second kappa shape index (κ2) is 4.88. The molecule has 0 saturated carbocycles. The Labute approximate surface area is 101 Å². The van der Waals surface area contributed by atoms with Gasteiger partial charge in [-0.2, -0.15) is 0 Å². The molecule has 1 unspecified atom stereocenters.